The van der Waals surface area contributed by atoms with Crippen LogP contribution in [-0.4, -0.2) is 38.9 Å². The van der Waals surface area contributed by atoms with E-state index in [1.165, 1.54) is 0 Å². The molecule has 1 fully saturated rings. The Bertz CT molecular complexity index is 626. The van der Waals surface area contributed by atoms with Crippen molar-refractivity contribution in [3.05, 3.63) is 29.8 Å². The Morgan fingerprint density at radius 3 is 2.65 bits per heavy atom. The first kappa shape index (κ1) is 17.9. The van der Waals surface area contributed by atoms with Gasteiger partial charge >= 0.3 is 0 Å². The highest BCUT2D eigenvalue weighted by atomic mass is 32.2. The van der Waals surface area contributed by atoms with Crippen molar-refractivity contribution in [2.24, 2.45) is 5.92 Å². The average molecular weight is 338 g/mol. The molecule has 1 aliphatic heterocycles. The lowest BCUT2D eigenvalue weighted by Gasteiger charge is -2.33. The molecule has 1 aromatic carbocycles. The number of piperidine rings is 1. The normalized spacial score (nSPS) is 18.9. The standard InChI is InChI=1S/C17H26N2O3S/c1-3-5-17(20)19-11-4-6-15(13-19)12-18-23(21,22)16-9-7-14(2)8-10-16/h7-10,15,18H,3-6,11-13H2,1-2H3/t15-/m1/s1. The van der Waals surface area contributed by atoms with Gasteiger partial charge in [0.1, 0.15) is 0 Å². The number of likely N-dealkylation sites (tertiary alicyclic amines) is 1. The highest BCUT2D eigenvalue weighted by Crippen LogP contribution is 2.18. The summed E-state index contributed by atoms with van der Waals surface area (Å²) in [6.45, 7) is 5.74. The van der Waals surface area contributed by atoms with Crippen molar-refractivity contribution in [2.45, 2.75) is 44.4 Å². The molecular formula is C17H26N2O3S. The van der Waals surface area contributed by atoms with Gasteiger partial charge in [-0.15, -0.1) is 0 Å². The smallest absolute Gasteiger partial charge is 0.240 e. The van der Waals surface area contributed by atoms with Gasteiger partial charge in [0.05, 0.1) is 4.90 Å². The molecule has 1 saturated heterocycles. The number of amides is 1. The maximum atomic E-state index is 12.3. The number of carbonyl (C=O) groups excluding carboxylic acids is 1. The van der Waals surface area contributed by atoms with E-state index < -0.39 is 10.0 Å². The molecule has 0 unspecified atom stereocenters. The van der Waals surface area contributed by atoms with Crippen LogP contribution in [0.3, 0.4) is 0 Å². The highest BCUT2D eigenvalue weighted by molar-refractivity contribution is 7.89. The van der Waals surface area contributed by atoms with Gasteiger partial charge in [-0.25, -0.2) is 13.1 Å². The van der Waals surface area contributed by atoms with E-state index in [1.807, 2.05) is 18.7 Å². The quantitative estimate of drug-likeness (QED) is 0.865. The van der Waals surface area contributed by atoms with Gasteiger partial charge in [-0.3, -0.25) is 4.79 Å². The second-order valence-electron chi connectivity index (χ2n) is 6.26. The van der Waals surface area contributed by atoms with Crippen LogP contribution in [0.15, 0.2) is 29.2 Å². The summed E-state index contributed by atoms with van der Waals surface area (Å²) in [5, 5.41) is 0. The highest BCUT2D eigenvalue weighted by Gasteiger charge is 2.24. The molecular weight excluding hydrogens is 312 g/mol. The summed E-state index contributed by atoms with van der Waals surface area (Å²) >= 11 is 0. The average Bonchev–Trinajstić information content (AvgIpc) is 2.54. The minimum absolute atomic E-state index is 0.179. The van der Waals surface area contributed by atoms with Crippen LogP contribution in [-0.2, 0) is 14.8 Å². The third kappa shape index (κ3) is 5.04. The van der Waals surface area contributed by atoms with Crippen molar-refractivity contribution >= 4 is 15.9 Å². The van der Waals surface area contributed by atoms with Crippen molar-refractivity contribution in [2.75, 3.05) is 19.6 Å². The van der Waals surface area contributed by atoms with E-state index in [1.54, 1.807) is 24.3 Å². The number of benzene rings is 1. The molecule has 6 heteroatoms. The minimum atomic E-state index is -3.48. The van der Waals surface area contributed by atoms with E-state index in [0.717, 1.165) is 31.4 Å². The molecule has 0 aliphatic carbocycles. The molecule has 1 aliphatic rings. The number of hydrogen-bond acceptors (Lipinski definition) is 3. The van der Waals surface area contributed by atoms with Crippen molar-refractivity contribution in [1.82, 2.24) is 9.62 Å². The summed E-state index contributed by atoms with van der Waals surface area (Å²) < 4.78 is 27.3. The van der Waals surface area contributed by atoms with Crippen LogP contribution in [0, 0.1) is 12.8 Å². The van der Waals surface area contributed by atoms with E-state index in [9.17, 15) is 13.2 Å². The largest absolute Gasteiger partial charge is 0.342 e. The molecule has 1 atom stereocenters. The fourth-order valence-corrected chi connectivity index (χ4v) is 3.97. The Labute approximate surface area is 139 Å². The van der Waals surface area contributed by atoms with Crippen molar-refractivity contribution < 1.29 is 13.2 Å². The van der Waals surface area contributed by atoms with Gasteiger partial charge in [0.25, 0.3) is 0 Å². The van der Waals surface area contributed by atoms with Crippen LogP contribution < -0.4 is 4.72 Å². The molecule has 1 amide bonds. The summed E-state index contributed by atoms with van der Waals surface area (Å²) in [4.78, 5) is 14.1. The minimum Gasteiger partial charge on any atom is -0.342 e. The lowest BCUT2D eigenvalue weighted by atomic mass is 9.98. The van der Waals surface area contributed by atoms with Crippen LogP contribution in [0.25, 0.3) is 0 Å². The van der Waals surface area contributed by atoms with Gasteiger partial charge in [0, 0.05) is 26.1 Å². The summed E-state index contributed by atoms with van der Waals surface area (Å²) in [5.41, 5.74) is 1.03. The van der Waals surface area contributed by atoms with E-state index in [4.69, 9.17) is 0 Å². The fraction of sp³-hybridized carbons (Fsp3) is 0.588. The topological polar surface area (TPSA) is 66.5 Å². The number of nitrogens with one attached hydrogen (secondary N) is 1. The Kier molecular flexibility index (Phi) is 6.18. The Hall–Kier alpha value is -1.40. The maximum Gasteiger partial charge on any atom is 0.240 e. The zero-order chi connectivity index (χ0) is 16.9. The molecule has 1 heterocycles. The zero-order valence-corrected chi connectivity index (χ0v) is 14.7. The van der Waals surface area contributed by atoms with Crippen LogP contribution in [0.1, 0.15) is 38.2 Å². The van der Waals surface area contributed by atoms with E-state index in [0.29, 0.717) is 19.5 Å². The lowest BCUT2D eigenvalue weighted by Crippen LogP contribution is -2.43. The fourth-order valence-electron chi connectivity index (χ4n) is 2.86. The van der Waals surface area contributed by atoms with Crippen LogP contribution in [0.4, 0.5) is 0 Å². The molecule has 1 N–H and O–H groups in total. The molecule has 23 heavy (non-hydrogen) atoms. The first-order chi connectivity index (χ1) is 10.9. The number of hydrogen-bond donors (Lipinski definition) is 1. The van der Waals surface area contributed by atoms with Crippen LogP contribution >= 0.6 is 0 Å². The van der Waals surface area contributed by atoms with Gasteiger partial charge < -0.3 is 4.90 Å². The number of aryl methyl sites for hydroxylation is 1. The molecule has 5 nitrogen and oxygen atoms in total. The van der Waals surface area contributed by atoms with Gasteiger partial charge in [-0.2, -0.15) is 0 Å². The first-order valence-corrected chi connectivity index (χ1v) is 9.75. The van der Waals surface area contributed by atoms with Gasteiger partial charge in [-0.05, 0) is 44.2 Å². The van der Waals surface area contributed by atoms with Gasteiger partial charge in [0.15, 0.2) is 0 Å². The second kappa shape index (κ2) is 7.93. The number of sulfonamides is 1. The van der Waals surface area contributed by atoms with Gasteiger partial charge in [0.2, 0.25) is 15.9 Å². The molecule has 2 rings (SSSR count). The summed E-state index contributed by atoms with van der Waals surface area (Å²) in [5.74, 6) is 0.364. The lowest BCUT2D eigenvalue weighted by molar-refractivity contribution is -0.132. The second-order valence-corrected chi connectivity index (χ2v) is 8.03. The first-order valence-electron chi connectivity index (χ1n) is 8.26. The summed E-state index contributed by atoms with van der Waals surface area (Å²) in [6.07, 6.45) is 3.31. The molecule has 128 valence electrons. The molecule has 0 radical (unpaired) electrons. The Morgan fingerprint density at radius 2 is 2.00 bits per heavy atom. The van der Waals surface area contributed by atoms with Crippen molar-refractivity contribution in [1.29, 1.82) is 0 Å². The van der Waals surface area contributed by atoms with Crippen LogP contribution in [0.2, 0.25) is 0 Å². The summed E-state index contributed by atoms with van der Waals surface area (Å²) in [7, 11) is -3.48. The summed E-state index contributed by atoms with van der Waals surface area (Å²) in [6, 6.07) is 6.83. The van der Waals surface area contributed by atoms with Crippen molar-refractivity contribution in [3.63, 3.8) is 0 Å². The molecule has 0 spiro atoms. The predicted molar refractivity (Wildman–Crippen MR) is 90.6 cm³/mol. The van der Waals surface area contributed by atoms with E-state index in [-0.39, 0.29) is 16.7 Å². The third-order valence-electron chi connectivity index (χ3n) is 4.23. The SMILES string of the molecule is CCCC(=O)N1CCC[C@H](CNS(=O)(=O)c2ccc(C)cc2)C1. The number of carbonyl (C=O) groups is 1. The predicted octanol–water partition coefficient (Wildman–Crippen LogP) is 2.31. The van der Waals surface area contributed by atoms with Gasteiger partial charge in [-0.1, -0.05) is 24.6 Å². The monoisotopic (exact) mass is 338 g/mol. The van der Waals surface area contributed by atoms with E-state index in [2.05, 4.69) is 4.72 Å². The molecule has 0 saturated carbocycles. The van der Waals surface area contributed by atoms with E-state index >= 15 is 0 Å². The zero-order valence-electron chi connectivity index (χ0n) is 13.9. The molecule has 1 aromatic rings. The molecule has 0 aromatic heterocycles. The Balaban J connectivity index is 1.92. The number of nitrogens with zero attached hydrogens (tertiary/aromatic N) is 1. The molecule has 0 bridgehead atoms. The third-order valence-corrected chi connectivity index (χ3v) is 5.67. The van der Waals surface area contributed by atoms with Crippen LogP contribution in [0.5, 0.6) is 0 Å². The van der Waals surface area contributed by atoms with Crippen molar-refractivity contribution in [3.8, 4) is 0 Å². The maximum absolute atomic E-state index is 12.3. The number of rotatable bonds is 6. The Morgan fingerprint density at radius 1 is 1.30 bits per heavy atom.